The summed E-state index contributed by atoms with van der Waals surface area (Å²) in [5.41, 5.74) is 7.34. The Labute approximate surface area is 121 Å². The maximum atomic E-state index is 12.2. The number of amides is 1. The average molecular weight is 275 g/mol. The Kier molecular flexibility index (Phi) is 6.25. The molecule has 1 amide bonds. The second kappa shape index (κ2) is 7.70. The van der Waals surface area contributed by atoms with Gasteiger partial charge in [-0.2, -0.15) is 0 Å². The molecule has 0 aliphatic heterocycles. The molecule has 20 heavy (non-hydrogen) atoms. The third kappa shape index (κ3) is 5.05. The van der Waals surface area contributed by atoms with Crippen LogP contribution in [0.25, 0.3) is 6.08 Å². The standard InChI is InChI=1S/C16H25N3O/c1-5-19(13(2)12-18(3)4)16(20)11-8-14-6-9-15(17)10-7-14/h6-11,13H,5,12,17H2,1-4H3/b11-8+. The van der Waals surface area contributed by atoms with Crippen LogP contribution in [0.15, 0.2) is 30.3 Å². The number of carbonyl (C=O) groups excluding carboxylic acids is 1. The van der Waals surface area contributed by atoms with Gasteiger partial charge in [-0.1, -0.05) is 12.1 Å². The molecule has 110 valence electrons. The van der Waals surface area contributed by atoms with Gasteiger partial charge in [-0.3, -0.25) is 4.79 Å². The third-order valence-electron chi connectivity index (χ3n) is 3.14. The van der Waals surface area contributed by atoms with E-state index in [4.69, 9.17) is 5.73 Å². The van der Waals surface area contributed by atoms with E-state index in [2.05, 4.69) is 11.8 Å². The molecule has 0 heterocycles. The van der Waals surface area contributed by atoms with Crippen molar-refractivity contribution in [2.75, 3.05) is 32.9 Å². The van der Waals surface area contributed by atoms with Gasteiger partial charge in [0.1, 0.15) is 0 Å². The molecule has 1 aromatic rings. The minimum atomic E-state index is 0.0404. The van der Waals surface area contributed by atoms with Crippen LogP contribution in [-0.2, 0) is 4.79 Å². The number of hydrogen-bond acceptors (Lipinski definition) is 3. The lowest BCUT2D eigenvalue weighted by Gasteiger charge is -2.29. The minimum Gasteiger partial charge on any atom is -0.399 e. The van der Waals surface area contributed by atoms with Crippen LogP contribution < -0.4 is 5.73 Å². The Hall–Kier alpha value is -1.81. The van der Waals surface area contributed by atoms with Gasteiger partial charge in [0.15, 0.2) is 0 Å². The van der Waals surface area contributed by atoms with Gasteiger partial charge in [0.25, 0.3) is 0 Å². The van der Waals surface area contributed by atoms with Crippen molar-refractivity contribution >= 4 is 17.7 Å². The molecule has 0 aliphatic rings. The second-order valence-electron chi connectivity index (χ2n) is 5.24. The Morgan fingerprint density at radius 3 is 2.40 bits per heavy atom. The summed E-state index contributed by atoms with van der Waals surface area (Å²) in [7, 11) is 4.03. The fourth-order valence-electron chi connectivity index (χ4n) is 2.18. The highest BCUT2D eigenvalue weighted by atomic mass is 16.2. The van der Waals surface area contributed by atoms with Crippen molar-refractivity contribution in [1.82, 2.24) is 9.80 Å². The van der Waals surface area contributed by atoms with Gasteiger partial charge in [-0.15, -0.1) is 0 Å². The predicted molar refractivity (Wildman–Crippen MR) is 85.3 cm³/mol. The summed E-state index contributed by atoms with van der Waals surface area (Å²) >= 11 is 0. The van der Waals surface area contributed by atoms with E-state index in [0.717, 1.165) is 17.8 Å². The van der Waals surface area contributed by atoms with Crippen LogP contribution in [0.4, 0.5) is 5.69 Å². The zero-order valence-corrected chi connectivity index (χ0v) is 12.8. The molecule has 0 saturated heterocycles. The number of anilines is 1. The molecule has 0 aliphatic carbocycles. The highest BCUT2D eigenvalue weighted by Crippen LogP contribution is 2.08. The average Bonchev–Trinajstić information content (AvgIpc) is 2.38. The first-order chi connectivity index (χ1) is 9.43. The van der Waals surface area contributed by atoms with Gasteiger partial charge in [-0.05, 0) is 51.7 Å². The van der Waals surface area contributed by atoms with Crippen LogP contribution in [0.5, 0.6) is 0 Å². The molecule has 0 spiro atoms. The van der Waals surface area contributed by atoms with E-state index in [1.807, 2.05) is 56.3 Å². The fourth-order valence-corrected chi connectivity index (χ4v) is 2.18. The van der Waals surface area contributed by atoms with E-state index in [0.29, 0.717) is 6.54 Å². The topological polar surface area (TPSA) is 49.6 Å². The number of nitrogens with two attached hydrogens (primary N) is 1. The van der Waals surface area contributed by atoms with Crippen molar-refractivity contribution in [2.45, 2.75) is 19.9 Å². The normalized spacial score (nSPS) is 12.8. The first-order valence-corrected chi connectivity index (χ1v) is 6.93. The molecule has 1 aromatic carbocycles. The summed E-state index contributed by atoms with van der Waals surface area (Å²) in [6.07, 6.45) is 3.45. The molecule has 1 atom stereocenters. The number of nitrogens with zero attached hydrogens (tertiary/aromatic N) is 2. The predicted octanol–water partition coefficient (Wildman–Crippen LogP) is 2.08. The summed E-state index contributed by atoms with van der Waals surface area (Å²) in [5, 5.41) is 0. The van der Waals surface area contributed by atoms with E-state index < -0.39 is 0 Å². The van der Waals surface area contributed by atoms with E-state index >= 15 is 0 Å². The SMILES string of the molecule is CCN(C(=O)/C=C/c1ccc(N)cc1)C(C)CN(C)C. The summed E-state index contributed by atoms with van der Waals surface area (Å²) in [6, 6.07) is 7.66. The van der Waals surface area contributed by atoms with Gasteiger partial charge in [0.05, 0.1) is 0 Å². The van der Waals surface area contributed by atoms with Gasteiger partial charge in [0, 0.05) is 30.9 Å². The number of hydrogen-bond donors (Lipinski definition) is 1. The Morgan fingerprint density at radius 2 is 1.90 bits per heavy atom. The van der Waals surface area contributed by atoms with Crippen molar-refractivity contribution in [3.8, 4) is 0 Å². The van der Waals surface area contributed by atoms with Crippen LogP contribution in [0.3, 0.4) is 0 Å². The smallest absolute Gasteiger partial charge is 0.246 e. The number of rotatable bonds is 6. The Morgan fingerprint density at radius 1 is 1.30 bits per heavy atom. The molecule has 0 bridgehead atoms. The van der Waals surface area contributed by atoms with Crippen molar-refractivity contribution in [3.63, 3.8) is 0 Å². The fraction of sp³-hybridized carbons (Fsp3) is 0.438. The Bertz CT molecular complexity index is 451. The van der Waals surface area contributed by atoms with E-state index in [1.165, 1.54) is 0 Å². The first-order valence-electron chi connectivity index (χ1n) is 6.93. The molecule has 4 heteroatoms. The second-order valence-corrected chi connectivity index (χ2v) is 5.24. The number of nitrogen functional groups attached to an aromatic ring is 1. The quantitative estimate of drug-likeness (QED) is 0.639. The van der Waals surface area contributed by atoms with Gasteiger partial charge < -0.3 is 15.5 Å². The Balaban J connectivity index is 2.69. The van der Waals surface area contributed by atoms with Crippen LogP contribution in [0.1, 0.15) is 19.4 Å². The van der Waals surface area contributed by atoms with Crippen LogP contribution >= 0.6 is 0 Å². The maximum Gasteiger partial charge on any atom is 0.246 e. The van der Waals surface area contributed by atoms with E-state index in [-0.39, 0.29) is 11.9 Å². The van der Waals surface area contributed by atoms with Crippen LogP contribution in [0, 0.1) is 0 Å². The number of benzene rings is 1. The van der Waals surface area contributed by atoms with Crippen LogP contribution in [0.2, 0.25) is 0 Å². The van der Waals surface area contributed by atoms with Crippen molar-refractivity contribution in [3.05, 3.63) is 35.9 Å². The number of likely N-dealkylation sites (N-methyl/N-ethyl adjacent to an activating group) is 2. The summed E-state index contributed by atoms with van der Waals surface area (Å²) in [4.78, 5) is 16.2. The zero-order chi connectivity index (χ0) is 15.1. The lowest BCUT2D eigenvalue weighted by molar-refractivity contribution is -0.127. The zero-order valence-electron chi connectivity index (χ0n) is 12.8. The van der Waals surface area contributed by atoms with Gasteiger partial charge in [-0.25, -0.2) is 0 Å². The molecule has 0 saturated carbocycles. The number of carbonyl (C=O) groups is 1. The van der Waals surface area contributed by atoms with E-state index in [9.17, 15) is 4.79 Å². The van der Waals surface area contributed by atoms with Gasteiger partial charge in [0.2, 0.25) is 5.91 Å². The molecular weight excluding hydrogens is 250 g/mol. The molecule has 0 aromatic heterocycles. The molecule has 4 nitrogen and oxygen atoms in total. The molecule has 1 unspecified atom stereocenters. The largest absolute Gasteiger partial charge is 0.399 e. The van der Waals surface area contributed by atoms with Crippen LogP contribution in [-0.4, -0.2) is 48.9 Å². The monoisotopic (exact) mass is 275 g/mol. The molecular formula is C16H25N3O. The lowest BCUT2D eigenvalue weighted by atomic mass is 10.2. The summed E-state index contributed by atoms with van der Waals surface area (Å²) < 4.78 is 0. The highest BCUT2D eigenvalue weighted by molar-refractivity contribution is 5.92. The molecule has 2 N–H and O–H groups in total. The minimum absolute atomic E-state index is 0.0404. The first kappa shape index (κ1) is 16.2. The molecule has 1 rings (SSSR count). The third-order valence-corrected chi connectivity index (χ3v) is 3.14. The summed E-state index contributed by atoms with van der Waals surface area (Å²) in [5.74, 6) is 0.0404. The molecule has 0 fully saturated rings. The summed E-state index contributed by atoms with van der Waals surface area (Å²) in [6.45, 7) is 5.63. The van der Waals surface area contributed by atoms with Crippen molar-refractivity contribution in [2.24, 2.45) is 0 Å². The van der Waals surface area contributed by atoms with Crippen molar-refractivity contribution in [1.29, 1.82) is 0 Å². The highest BCUT2D eigenvalue weighted by Gasteiger charge is 2.16. The van der Waals surface area contributed by atoms with E-state index in [1.54, 1.807) is 6.08 Å². The maximum absolute atomic E-state index is 12.2. The van der Waals surface area contributed by atoms with Gasteiger partial charge >= 0.3 is 0 Å². The molecule has 0 radical (unpaired) electrons. The lowest BCUT2D eigenvalue weighted by Crippen LogP contribution is -2.42. The van der Waals surface area contributed by atoms with Crippen molar-refractivity contribution < 1.29 is 4.79 Å².